The van der Waals surface area contributed by atoms with Crippen LogP contribution >= 0.6 is 0 Å². The van der Waals surface area contributed by atoms with Crippen LogP contribution in [-0.2, 0) is 0 Å². The lowest BCUT2D eigenvalue weighted by atomic mass is 9.86. The third kappa shape index (κ3) is 2.61. The van der Waals surface area contributed by atoms with E-state index in [2.05, 4.69) is 41.7 Å². The Morgan fingerprint density at radius 2 is 1.37 bits per heavy atom. The minimum Gasteiger partial charge on any atom is -0.377 e. The highest BCUT2D eigenvalue weighted by Gasteiger charge is 2.38. The number of benzene rings is 4. The van der Waals surface area contributed by atoms with Crippen LogP contribution in [0.2, 0.25) is 0 Å². The number of carbonyl (C=O) groups is 1. The molecule has 0 bridgehead atoms. The van der Waals surface area contributed by atoms with Gasteiger partial charge in [-0.3, -0.25) is 4.79 Å². The van der Waals surface area contributed by atoms with E-state index in [-0.39, 0.29) is 17.7 Å². The zero-order valence-electron chi connectivity index (χ0n) is 14.8. The number of anilines is 1. The zero-order chi connectivity index (χ0) is 18.2. The molecule has 2 unspecified atom stereocenters. The third-order valence-electron chi connectivity index (χ3n) is 5.41. The zero-order valence-corrected chi connectivity index (χ0v) is 14.8. The fourth-order valence-electron chi connectivity index (χ4n) is 4.21. The molecule has 0 aromatic heterocycles. The van der Waals surface area contributed by atoms with Gasteiger partial charge in [0.05, 0.1) is 12.0 Å². The molecule has 0 fully saturated rings. The lowest BCUT2D eigenvalue weighted by Gasteiger charge is -2.26. The summed E-state index contributed by atoms with van der Waals surface area (Å²) < 4.78 is 0. The van der Waals surface area contributed by atoms with E-state index in [9.17, 15) is 4.79 Å². The van der Waals surface area contributed by atoms with Crippen LogP contribution in [0.4, 0.5) is 5.69 Å². The molecule has 4 aromatic rings. The molecule has 0 saturated carbocycles. The summed E-state index contributed by atoms with van der Waals surface area (Å²) in [5.41, 5.74) is 4.08. The van der Waals surface area contributed by atoms with Crippen LogP contribution in [0.25, 0.3) is 10.8 Å². The second kappa shape index (κ2) is 6.40. The van der Waals surface area contributed by atoms with Crippen molar-refractivity contribution in [1.29, 1.82) is 0 Å². The highest BCUT2D eigenvalue weighted by molar-refractivity contribution is 6.18. The molecule has 1 aliphatic rings. The topological polar surface area (TPSA) is 29.1 Å². The van der Waals surface area contributed by atoms with Crippen LogP contribution in [0.5, 0.6) is 0 Å². The normalized spacial score (nSPS) is 16.4. The predicted octanol–water partition coefficient (Wildman–Crippen LogP) is 5.97. The summed E-state index contributed by atoms with van der Waals surface area (Å²) in [7, 11) is 0. The molecule has 130 valence electrons. The van der Waals surface area contributed by atoms with Gasteiger partial charge in [0.15, 0.2) is 5.78 Å². The smallest absolute Gasteiger partial charge is 0.173 e. The molecular weight excluding hydrogens is 330 g/mol. The number of hydrogen-bond acceptors (Lipinski definition) is 2. The number of Topliss-reactive ketones (excluding diaryl/α,β-unsaturated/α-hetero) is 1. The van der Waals surface area contributed by atoms with Crippen LogP contribution in [0.15, 0.2) is 97.1 Å². The molecular formula is C25H19NO. The van der Waals surface area contributed by atoms with E-state index in [1.807, 2.05) is 60.7 Å². The van der Waals surface area contributed by atoms with E-state index >= 15 is 0 Å². The van der Waals surface area contributed by atoms with Crippen molar-refractivity contribution in [3.05, 3.63) is 114 Å². The Bertz CT molecular complexity index is 1110. The minimum atomic E-state index is -0.242. The van der Waals surface area contributed by atoms with E-state index in [0.29, 0.717) is 0 Å². The number of hydrogen-bond donors (Lipinski definition) is 1. The van der Waals surface area contributed by atoms with E-state index < -0.39 is 0 Å². The monoisotopic (exact) mass is 349 g/mol. The van der Waals surface area contributed by atoms with Gasteiger partial charge in [0.1, 0.15) is 0 Å². The lowest BCUT2D eigenvalue weighted by Crippen LogP contribution is -2.23. The van der Waals surface area contributed by atoms with Gasteiger partial charge >= 0.3 is 0 Å². The SMILES string of the molecule is O=C1c2cccc3cccc(c23)C1C(Nc1ccccc1)c1ccccc1. The molecule has 0 amide bonds. The third-order valence-corrected chi connectivity index (χ3v) is 5.41. The van der Waals surface area contributed by atoms with Crippen LogP contribution in [0, 0.1) is 0 Å². The molecule has 27 heavy (non-hydrogen) atoms. The van der Waals surface area contributed by atoms with Crippen LogP contribution in [0.3, 0.4) is 0 Å². The largest absolute Gasteiger partial charge is 0.377 e. The van der Waals surface area contributed by atoms with Crippen LogP contribution in [0.1, 0.15) is 33.4 Å². The van der Waals surface area contributed by atoms with Gasteiger partial charge < -0.3 is 5.32 Å². The highest BCUT2D eigenvalue weighted by Crippen LogP contribution is 2.45. The second-order valence-electron chi connectivity index (χ2n) is 6.99. The number of rotatable bonds is 4. The van der Waals surface area contributed by atoms with E-state index in [0.717, 1.165) is 33.2 Å². The van der Waals surface area contributed by atoms with Crippen molar-refractivity contribution < 1.29 is 4.79 Å². The van der Waals surface area contributed by atoms with Gasteiger partial charge in [0, 0.05) is 11.3 Å². The maximum absolute atomic E-state index is 13.4. The van der Waals surface area contributed by atoms with Gasteiger partial charge in [-0.2, -0.15) is 0 Å². The molecule has 1 N–H and O–H groups in total. The number of ketones is 1. The van der Waals surface area contributed by atoms with Crippen molar-refractivity contribution >= 4 is 22.2 Å². The first-order chi connectivity index (χ1) is 13.3. The molecule has 2 atom stereocenters. The first-order valence-corrected chi connectivity index (χ1v) is 9.25. The fraction of sp³-hybridized carbons (Fsp3) is 0.0800. The Kier molecular flexibility index (Phi) is 3.75. The average Bonchev–Trinajstić information content (AvgIpc) is 3.02. The quantitative estimate of drug-likeness (QED) is 0.491. The van der Waals surface area contributed by atoms with Crippen molar-refractivity contribution in [2.75, 3.05) is 5.32 Å². The maximum Gasteiger partial charge on any atom is 0.173 e. The van der Waals surface area contributed by atoms with Crippen LogP contribution < -0.4 is 5.32 Å². The minimum absolute atomic E-state index is 0.126. The summed E-state index contributed by atoms with van der Waals surface area (Å²) >= 11 is 0. The summed E-state index contributed by atoms with van der Waals surface area (Å²) in [6.07, 6.45) is 0. The Labute approximate surface area is 158 Å². The van der Waals surface area contributed by atoms with Crippen molar-refractivity contribution in [1.82, 2.24) is 0 Å². The Morgan fingerprint density at radius 3 is 2.11 bits per heavy atom. The van der Waals surface area contributed by atoms with Gasteiger partial charge in [-0.15, -0.1) is 0 Å². The molecule has 0 radical (unpaired) electrons. The van der Waals surface area contributed by atoms with Crippen molar-refractivity contribution in [3.8, 4) is 0 Å². The van der Waals surface area contributed by atoms with E-state index in [1.165, 1.54) is 0 Å². The van der Waals surface area contributed by atoms with E-state index in [1.54, 1.807) is 0 Å². The molecule has 0 aliphatic heterocycles. The molecule has 0 heterocycles. The molecule has 0 saturated heterocycles. The molecule has 2 heteroatoms. The van der Waals surface area contributed by atoms with Crippen molar-refractivity contribution in [3.63, 3.8) is 0 Å². The first-order valence-electron chi connectivity index (χ1n) is 9.25. The summed E-state index contributed by atoms with van der Waals surface area (Å²) in [5.74, 6) is -0.0483. The average molecular weight is 349 g/mol. The van der Waals surface area contributed by atoms with Gasteiger partial charge in [0.25, 0.3) is 0 Å². The standard InChI is InChI=1S/C25H19NO/c27-25-21-16-8-12-17-11-7-15-20(22(17)21)23(25)24(18-9-3-1-4-10-18)26-19-13-5-2-6-14-19/h1-16,23-24,26H. The van der Waals surface area contributed by atoms with Gasteiger partial charge in [-0.1, -0.05) is 84.9 Å². The number of carbonyl (C=O) groups excluding carboxylic acids is 1. The molecule has 5 rings (SSSR count). The summed E-state index contributed by atoms with van der Waals surface area (Å²) in [6, 6.07) is 32.5. The summed E-state index contributed by atoms with van der Waals surface area (Å²) in [5, 5.41) is 5.86. The second-order valence-corrected chi connectivity index (χ2v) is 6.99. The fourth-order valence-corrected chi connectivity index (χ4v) is 4.21. The number of para-hydroxylation sites is 1. The van der Waals surface area contributed by atoms with E-state index in [4.69, 9.17) is 0 Å². The van der Waals surface area contributed by atoms with Gasteiger partial charge in [-0.05, 0) is 34.0 Å². The van der Waals surface area contributed by atoms with Gasteiger partial charge in [-0.25, -0.2) is 0 Å². The Balaban J connectivity index is 1.67. The maximum atomic E-state index is 13.4. The van der Waals surface area contributed by atoms with Crippen LogP contribution in [-0.4, -0.2) is 5.78 Å². The molecule has 4 aromatic carbocycles. The first kappa shape index (κ1) is 15.8. The Hall–Kier alpha value is -3.39. The van der Waals surface area contributed by atoms with Gasteiger partial charge in [0.2, 0.25) is 0 Å². The molecule has 0 spiro atoms. The number of nitrogens with one attached hydrogen (secondary N) is 1. The summed E-state index contributed by atoms with van der Waals surface area (Å²) in [6.45, 7) is 0. The van der Waals surface area contributed by atoms with Crippen molar-refractivity contribution in [2.45, 2.75) is 12.0 Å². The summed E-state index contributed by atoms with van der Waals surface area (Å²) in [4.78, 5) is 13.4. The lowest BCUT2D eigenvalue weighted by molar-refractivity contribution is 0.0959. The predicted molar refractivity (Wildman–Crippen MR) is 110 cm³/mol. The Morgan fingerprint density at radius 1 is 0.704 bits per heavy atom. The molecule has 1 aliphatic carbocycles. The van der Waals surface area contributed by atoms with Crippen molar-refractivity contribution in [2.24, 2.45) is 0 Å². The highest BCUT2D eigenvalue weighted by atomic mass is 16.1. The molecule has 2 nitrogen and oxygen atoms in total.